The fourth-order valence-electron chi connectivity index (χ4n) is 1.01. The molecule has 0 saturated carbocycles. The second kappa shape index (κ2) is 4.11. The van der Waals surface area contributed by atoms with Crippen LogP contribution in [0, 0.1) is 0 Å². The van der Waals surface area contributed by atoms with Crippen LogP contribution in [0.1, 0.15) is 0 Å². The van der Waals surface area contributed by atoms with E-state index in [4.69, 9.17) is 16.3 Å². The first-order valence-corrected chi connectivity index (χ1v) is 3.83. The van der Waals surface area contributed by atoms with Crippen molar-refractivity contribution in [3.63, 3.8) is 0 Å². The van der Waals surface area contributed by atoms with Crippen LogP contribution in [0.25, 0.3) is 0 Å². The minimum Gasteiger partial charge on any atom is -0.464 e. The first-order valence-electron chi connectivity index (χ1n) is 3.83. The Morgan fingerprint density at radius 1 is 1.69 bits per heavy atom. The number of carbonyl (C=O) groups is 1. The van der Waals surface area contributed by atoms with Crippen molar-refractivity contribution in [1.82, 2.24) is 5.01 Å². The van der Waals surface area contributed by atoms with Crippen LogP contribution in [0.3, 0.4) is 0 Å². The van der Waals surface area contributed by atoms with E-state index in [1.54, 1.807) is 0 Å². The van der Waals surface area contributed by atoms with Gasteiger partial charge in [-0.3, -0.25) is 0 Å². The summed E-state index contributed by atoms with van der Waals surface area (Å²) in [7, 11) is 1.26. The highest BCUT2D eigenvalue weighted by molar-refractivity contribution is 5.88. The topological polar surface area (TPSA) is 90.8 Å². The molecule has 1 rings (SSSR count). The fraction of sp³-hybridized carbons (Fsp3) is 0.571. The standard InChI is InChI=1S/C7H13N3O3/c1-12-7(11)6(8)5-4-13-3-2-10(5)9/h2-4,8-9H2,1H3/b6-5-. The number of morpholine rings is 1. The Morgan fingerprint density at radius 3 is 2.92 bits per heavy atom. The lowest BCUT2D eigenvalue weighted by Gasteiger charge is -2.27. The molecule has 1 fully saturated rings. The minimum absolute atomic E-state index is 0.00435. The van der Waals surface area contributed by atoms with E-state index < -0.39 is 5.97 Å². The molecule has 13 heavy (non-hydrogen) atoms. The van der Waals surface area contributed by atoms with Gasteiger partial charge in [0.25, 0.3) is 0 Å². The number of nitrogens with zero attached hydrogens (tertiary/aromatic N) is 1. The smallest absolute Gasteiger partial charge is 0.355 e. The van der Waals surface area contributed by atoms with E-state index in [1.807, 2.05) is 0 Å². The summed E-state index contributed by atoms with van der Waals surface area (Å²) in [4.78, 5) is 11.0. The van der Waals surface area contributed by atoms with Crippen LogP contribution >= 0.6 is 0 Å². The number of hydrazine groups is 1. The molecule has 0 aromatic rings. The first-order chi connectivity index (χ1) is 6.16. The number of hydrogen-bond donors (Lipinski definition) is 2. The lowest BCUT2D eigenvalue weighted by Crippen LogP contribution is -2.42. The number of nitrogens with two attached hydrogens (primary N) is 2. The van der Waals surface area contributed by atoms with Gasteiger partial charge in [-0.15, -0.1) is 0 Å². The van der Waals surface area contributed by atoms with E-state index in [9.17, 15) is 4.79 Å². The van der Waals surface area contributed by atoms with Crippen LogP contribution in [0.4, 0.5) is 0 Å². The Kier molecular flexibility index (Phi) is 3.10. The Hall–Kier alpha value is -1.27. The van der Waals surface area contributed by atoms with Crippen LogP contribution < -0.4 is 11.6 Å². The van der Waals surface area contributed by atoms with Crippen LogP contribution in [0.15, 0.2) is 11.4 Å². The average molecular weight is 187 g/mol. The predicted octanol–water partition coefficient (Wildman–Crippen LogP) is -1.46. The molecule has 0 radical (unpaired) electrons. The van der Waals surface area contributed by atoms with Gasteiger partial charge in [-0.2, -0.15) is 0 Å². The molecule has 6 heteroatoms. The third kappa shape index (κ3) is 2.10. The summed E-state index contributed by atoms with van der Waals surface area (Å²) in [6, 6.07) is 0. The van der Waals surface area contributed by atoms with Gasteiger partial charge >= 0.3 is 5.97 Å². The van der Waals surface area contributed by atoms with Crippen molar-refractivity contribution in [3.05, 3.63) is 11.4 Å². The largest absolute Gasteiger partial charge is 0.464 e. The zero-order chi connectivity index (χ0) is 9.84. The zero-order valence-corrected chi connectivity index (χ0v) is 7.45. The van der Waals surface area contributed by atoms with Crippen molar-refractivity contribution in [2.75, 3.05) is 26.9 Å². The van der Waals surface area contributed by atoms with E-state index in [1.165, 1.54) is 12.1 Å². The van der Waals surface area contributed by atoms with Crippen molar-refractivity contribution < 1.29 is 14.3 Å². The molecule has 1 aliphatic rings. The maximum atomic E-state index is 11.0. The average Bonchev–Trinajstić information content (AvgIpc) is 2.16. The second-order valence-electron chi connectivity index (χ2n) is 2.60. The Morgan fingerprint density at radius 2 is 2.38 bits per heavy atom. The summed E-state index contributed by atoms with van der Waals surface area (Å²) in [5, 5.41) is 1.40. The van der Waals surface area contributed by atoms with Crippen LogP contribution in [0.2, 0.25) is 0 Å². The monoisotopic (exact) mass is 187 g/mol. The Balaban J connectivity index is 2.80. The van der Waals surface area contributed by atoms with Gasteiger partial charge in [-0.25, -0.2) is 10.6 Å². The molecule has 0 bridgehead atoms. The molecule has 6 nitrogen and oxygen atoms in total. The summed E-state index contributed by atoms with van der Waals surface area (Å²) >= 11 is 0. The van der Waals surface area contributed by atoms with Crippen molar-refractivity contribution in [2.45, 2.75) is 0 Å². The molecule has 4 N–H and O–H groups in total. The molecule has 0 aromatic carbocycles. The third-order valence-electron chi connectivity index (χ3n) is 1.78. The highest BCUT2D eigenvalue weighted by atomic mass is 16.5. The zero-order valence-electron chi connectivity index (χ0n) is 7.45. The highest BCUT2D eigenvalue weighted by Crippen LogP contribution is 2.09. The number of methoxy groups -OCH3 is 1. The number of esters is 1. The summed E-state index contributed by atoms with van der Waals surface area (Å²) < 4.78 is 9.55. The van der Waals surface area contributed by atoms with Crippen LogP contribution in [0.5, 0.6) is 0 Å². The van der Waals surface area contributed by atoms with E-state index in [0.29, 0.717) is 18.8 Å². The SMILES string of the molecule is COC(=O)/C(N)=C1\COCCN1N. The normalized spacial score (nSPS) is 21.2. The van der Waals surface area contributed by atoms with Crippen molar-refractivity contribution >= 4 is 5.97 Å². The van der Waals surface area contributed by atoms with E-state index in [2.05, 4.69) is 4.74 Å². The number of ether oxygens (including phenoxy) is 2. The number of hydrogen-bond acceptors (Lipinski definition) is 6. The van der Waals surface area contributed by atoms with Gasteiger partial charge in [0.15, 0.2) is 0 Å². The molecule has 0 aromatic heterocycles. The van der Waals surface area contributed by atoms with E-state index >= 15 is 0 Å². The first kappa shape index (κ1) is 9.82. The maximum Gasteiger partial charge on any atom is 0.355 e. The van der Waals surface area contributed by atoms with Gasteiger partial charge in [0.1, 0.15) is 5.70 Å². The summed E-state index contributed by atoms with van der Waals surface area (Å²) in [5.74, 6) is 4.99. The minimum atomic E-state index is -0.587. The number of rotatable bonds is 1. The molecule has 0 atom stereocenters. The summed E-state index contributed by atoms with van der Waals surface area (Å²) in [6.07, 6.45) is 0. The lowest BCUT2D eigenvalue weighted by atomic mass is 10.3. The molecule has 0 spiro atoms. The molecular weight excluding hydrogens is 174 g/mol. The number of carbonyl (C=O) groups excluding carboxylic acids is 1. The molecule has 74 valence electrons. The van der Waals surface area contributed by atoms with Gasteiger partial charge in [-0.1, -0.05) is 0 Å². The van der Waals surface area contributed by atoms with Gasteiger partial charge < -0.3 is 20.2 Å². The molecule has 1 saturated heterocycles. The van der Waals surface area contributed by atoms with Crippen LogP contribution in [-0.2, 0) is 14.3 Å². The Labute approximate surface area is 76.0 Å². The van der Waals surface area contributed by atoms with E-state index in [0.717, 1.165) is 0 Å². The maximum absolute atomic E-state index is 11.0. The summed E-state index contributed by atoms with van der Waals surface area (Å²) in [5.41, 5.74) is 5.97. The molecule has 0 amide bonds. The molecule has 1 heterocycles. The second-order valence-corrected chi connectivity index (χ2v) is 2.60. The van der Waals surface area contributed by atoms with Gasteiger partial charge in [0, 0.05) is 0 Å². The predicted molar refractivity (Wildman–Crippen MR) is 44.9 cm³/mol. The molecular formula is C7H13N3O3. The highest BCUT2D eigenvalue weighted by Gasteiger charge is 2.19. The molecule has 1 aliphatic heterocycles. The van der Waals surface area contributed by atoms with Crippen molar-refractivity contribution in [1.29, 1.82) is 0 Å². The lowest BCUT2D eigenvalue weighted by molar-refractivity contribution is -0.136. The van der Waals surface area contributed by atoms with Crippen molar-refractivity contribution in [3.8, 4) is 0 Å². The van der Waals surface area contributed by atoms with Crippen LogP contribution in [-0.4, -0.2) is 37.8 Å². The van der Waals surface area contributed by atoms with Gasteiger partial charge in [0.05, 0.1) is 32.6 Å². The van der Waals surface area contributed by atoms with Crippen molar-refractivity contribution in [2.24, 2.45) is 11.6 Å². The van der Waals surface area contributed by atoms with Gasteiger partial charge in [-0.05, 0) is 0 Å². The quantitative estimate of drug-likeness (QED) is 0.296. The molecule has 0 unspecified atom stereocenters. The van der Waals surface area contributed by atoms with Gasteiger partial charge in [0.2, 0.25) is 0 Å². The third-order valence-corrected chi connectivity index (χ3v) is 1.78. The molecule has 0 aliphatic carbocycles. The van der Waals surface area contributed by atoms with E-state index in [-0.39, 0.29) is 12.3 Å². The summed E-state index contributed by atoms with van der Waals surface area (Å²) in [6.45, 7) is 1.30. The Bertz CT molecular complexity index is 239. The fourth-order valence-corrected chi connectivity index (χ4v) is 1.01.